The lowest BCUT2D eigenvalue weighted by Gasteiger charge is -2.13. The molecule has 0 aliphatic heterocycles. The fourth-order valence-electron chi connectivity index (χ4n) is 1.84. The Morgan fingerprint density at radius 1 is 1.50 bits per heavy atom. The van der Waals surface area contributed by atoms with Crippen molar-refractivity contribution in [1.29, 1.82) is 0 Å². The van der Waals surface area contributed by atoms with Crippen molar-refractivity contribution in [2.75, 3.05) is 13.8 Å². The number of aryl methyl sites for hydroxylation is 1. The van der Waals surface area contributed by atoms with Gasteiger partial charge in [0.2, 0.25) is 0 Å². The van der Waals surface area contributed by atoms with E-state index in [1.54, 1.807) is 13.8 Å². The van der Waals surface area contributed by atoms with Crippen molar-refractivity contribution in [1.82, 2.24) is 0 Å². The highest BCUT2D eigenvalue weighted by atomic mass is 19.1. The van der Waals surface area contributed by atoms with Crippen LogP contribution in [0.25, 0.3) is 0 Å². The van der Waals surface area contributed by atoms with Crippen LogP contribution in [0, 0.1) is 13.8 Å². The van der Waals surface area contributed by atoms with Gasteiger partial charge in [-0.3, -0.25) is 4.39 Å². The Balaban J connectivity index is 3.38. The van der Waals surface area contributed by atoms with Gasteiger partial charge in [-0.1, -0.05) is 0 Å². The van der Waals surface area contributed by atoms with E-state index >= 15 is 0 Å². The third-order valence-corrected chi connectivity index (χ3v) is 2.65. The van der Waals surface area contributed by atoms with Crippen LogP contribution in [0.15, 0.2) is 6.07 Å². The number of halogens is 1. The maximum absolute atomic E-state index is 12.4. The van der Waals surface area contributed by atoms with Gasteiger partial charge in [-0.15, -0.1) is 0 Å². The Hall–Kier alpha value is -1.58. The zero-order valence-electron chi connectivity index (χ0n) is 9.63. The van der Waals surface area contributed by atoms with Gasteiger partial charge in [0.15, 0.2) is 0 Å². The second-order valence-electron chi connectivity index (χ2n) is 3.62. The quantitative estimate of drug-likeness (QED) is 0.804. The Morgan fingerprint density at radius 2 is 2.12 bits per heavy atom. The SMILES string of the molecule is COC(=O)c1c(O)cc(C)c(CCF)c1C. The van der Waals surface area contributed by atoms with E-state index < -0.39 is 12.6 Å². The van der Waals surface area contributed by atoms with Gasteiger partial charge in [-0.2, -0.15) is 0 Å². The molecule has 0 amide bonds. The summed E-state index contributed by atoms with van der Waals surface area (Å²) in [5, 5.41) is 9.67. The molecule has 0 bridgehead atoms. The average molecular weight is 226 g/mol. The standard InChI is InChI=1S/C12H15FO3/c1-7-6-10(14)11(12(15)16-3)8(2)9(7)4-5-13/h6,14H,4-5H2,1-3H3. The monoisotopic (exact) mass is 226 g/mol. The van der Waals surface area contributed by atoms with E-state index in [1.807, 2.05) is 0 Å². The number of methoxy groups -OCH3 is 1. The van der Waals surface area contributed by atoms with Gasteiger partial charge >= 0.3 is 5.97 Å². The third-order valence-electron chi connectivity index (χ3n) is 2.65. The summed E-state index contributed by atoms with van der Waals surface area (Å²) in [5.41, 5.74) is 2.24. The van der Waals surface area contributed by atoms with Gasteiger partial charge in [-0.05, 0) is 36.6 Å². The highest BCUT2D eigenvalue weighted by Gasteiger charge is 2.19. The summed E-state index contributed by atoms with van der Waals surface area (Å²) in [6, 6.07) is 1.46. The predicted molar refractivity (Wildman–Crippen MR) is 58.6 cm³/mol. The van der Waals surface area contributed by atoms with Crippen LogP contribution in [0.1, 0.15) is 27.0 Å². The van der Waals surface area contributed by atoms with Crippen LogP contribution >= 0.6 is 0 Å². The molecule has 0 radical (unpaired) electrons. The number of phenols is 1. The molecule has 0 aromatic heterocycles. The molecule has 0 aliphatic carbocycles. The molecule has 1 rings (SSSR count). The molecule has 0 aliphatic rings. The lowest BCUT2D eigenvalue weighted by Crippen LogP contribution is -2.08. The van der Waals surface area contributed by atoms with Crippen LogP contribution in [0.2, 0.25) is 0 Å². The molecule has 0 saturated heterocycles. The molecule has 0 saturated carbocycles. The fraction of sp³-hybridized carbons (Fsp3) is 0.417. The Bertz CT molecular complexity index is 413. The number of phenolic OH excluding ortho intramolecular Hbond substituents is 1. The van der Waals surface area contributed by atoms with E-state index in [9.17, 15) is 14.3 Å². The molecule has 0 fully saturated rings. The number of hydrogen-bond acceptors (Lipinski definition) is 3. The molecular weight excluding hydrogens is 211 g/mol. The molecule has 1 aromatic rings. The summed E-state index contributed by atoms with van der Waals surface area (Å²) in [6.45, 7) is 2.97. The summed E-state index contributed by atoms with van der Waals surface area (Å²) in [6.07, 6.45) is 0.238. The summed E-state index contributed by atoms with van der Waals surface area (Å²) in [7, 11) is 1.25. The molecule has 0 heterocycles. The van der Waals surface area contributed by atoms with Crippen LogP contribution in [0.3, 0.4) is 0 Å². The first-order valence-electron chi connectivity index (χ1n) is 4.99. The van der Waals surface area contributed by atoms with Gasteiger partial charge < -0.3 is 9.84 Å². The van der Waals surface area contributed by atoms with E-state index in [-0.39, 0.29) is 17.7 Å². The molecule has 16 heavy (non-hydrogen) atoms. The van der Waals surface area contributed by atoms with Gasteiger partial charge in [0, 0.05) is 6.42 Å². The van der Waals surface area contributed by atoms with Crippen molar-refractivity contribution in [3.63, 3.8) is 0 Å². The van der Waals surface area contributed by atoms with E-state index in [2.05, 4.69) is 4.74 Å². The van der Waals surface area contributed by atoms with E-state index in [4.69, 9.17) is 0 Å². The van der Waals surface area contributed by atoms with Gasteiger partial charge in [0.25, 0.3) is 0 Å². The predicted octanol–water partition coefficient (Wildman–Crippen LogP) is 2.31. The van der Waals surface area contributed by atoms with Crippen LogP contribution in [0.4, 0.5) is 4.39 Å². The zero-order valence-corrected chi connectivity index (χ0v) is 9.63. The number of esters is 1. The van der Waals surface area contributed by atoms with Crippen LogP contribution in [-0.2, 0) is 11.2 Å². The second kappa shape index (κ2) is 4.96. The number of alkyl halides is 1. The lowest BCUT2D eigenvalue weighted by atomic mass is 9.95. The maximum atomic E-state index is 12.4. The molecule has 3 nitrogen and oxygen atoms in total. The minimum atomic E-state index is -0.602. The van der Waals surface area contributed by atoms with Crippen LogP contribution in [-0.4, -0.2) is 24.9 Å². The van der Waals surface area contributed by atoms with Crippen LogP contribution in [0.5, 0.6) is 5.75 Å². The molecule has 0 atom stereocenters. The molecule has 1 aromatic carbocycles. The number of hydrogen-bond donors (Lipinski definition) is 1. The summed E-state index contributed by atoms with van der Waals surface area (Å²) >= 11 is 0. The minimum absolute atomic E-state index is 0.121. The summed E-state index contributed by atoms with van der Waals surface area (Å²) in [5.74, 6) is -0.723. The van der Waals surface area contributed by atoms with Crippen molar-refractivity contribution in [3.8, 4) is 5.75 Å². The minimum Gasteiger partial charge on any atom is -0.507 e. The highest BCUT2D eigenvalue weighted by Crippen LogP contribution is 2.28. The molecule has 0 unspecified atom stereocenters. The molecule has 4 heteroatoms. The number of aromatic hydroxyl groups is 1. The van der Waals surface area contributed by atoms with Gasteiger partial charge in [-0.25, -0.2) is 4.79 Å². The largest absolute Gasteiger partial charge is 0.507 e. The topological polar surface area (TPSA) is 46.5 Å². The third kappa shape index (κ3) is 2.15. The van der Waals surface area contributed by atoms with Crippen molar-refractivity contribution < 1.29 is 19.0 Å². The number of ether oxygens (including phenoxy) is 1. The molecule has 88 valence electrons. The van der Waals surface area contributed by atoms with Crippen LogP contribution < -0.4 is 0 Å². The Morgan fingerprint density at radius 3 is 2.62 bits per heavy atom. The van der Waals surface area contributed by atoms with E-state index in [0.29, 0.717) is 5.56 Å². The number of rotatable bonds is 3. The Labute approximate surface area is 93.9 Å². The van der Waals surface area contributed by atoms with Crippen molar-refractivity contribution in [3.05, 3.63) is 28.3 Å². The molecule has 0 spiro atoms. The lowest BCUT2D eigenvalue weighted by molar-refractivity contribution is 0.0596. The highest BCUT2D eigenvalue weighted by molar-refractivity contribution is 5.94. The first-order valence-corrected chi connectivity index (χ1v) is 4.99. The maximum Gasteiger partial charge on any atom is 0.341 e. The number of carbonyl (C=O) groups is 1. The molecular formula is C12H15FO3. The average Bonchev–Trinajstić information content (AvgIpc) is 2.23. The first-order chi connectivity index (χ1) is 7.52. The Kier molecular flexibility index (Phi) is 3.88. The van der Waals surface area contributed by atoms with E-state index in [0.717, 1.165) is 11.1 Å². The smallest absolute Gasteiger partial charge is 0.341 e. The van der Waals surface area contributed by atoms with Crippen molar-refractivity contribution >= 4 is 5.97 Å². The first kappa shape index (κ1) is 12.5. The summed E-state index contributed by atoms with van der Waals surface area (Å²) < 4.78 is 17.0. The number of benzene rings is 1. The molecule has 1 N–H and O–H groups in total. The second-order valence-corrected chi connectivity index (χ2v) is 3.62. The number of carbonyl (C=O) groups excluding carboxylic acids is 1. The fourth-order valence-corrected chi connectivity index (χ4v) is 1.84. The van der Waals surface area contributed by atoms with E-state index in [1.165, 1.54) is 13.2 Å². The van der Waals surface area contributed by atoms with Gasteiger partial charge in [0.05, 0.1) is 13.8 Å². The normalized spacial score (nSPS) is 10.2. The van der Waals surface area contributed by atoms with Gasteiger partial charge in [0.1, 0.15) is 11.3 Å². The van der Waals surface area contributed by atoms with Crippen molar-refractivity contribution in [2.45, 2.75) is 20.3 Å². The summed E-state index contributed by atoms with van der Waals surface area (Å²) in [4.78, 5) is 11.4. The van der Waals surface area contributed by atoms with Crippen molar-refractivity contribution in [2.24, 2.45) is 0 Å². The zero-order chi connectivity index (χ0) is 12.3.